The Balaban J connectivity index is 1.78. The van der Waals surface area contributed by atoms with Crippen molar-refractivity contribution in [1.82, 2.24) is 14.5 Å². The summed E-state index contributed by atoms with van der Waals surface area (Å²) in [6, 6.07) is 7.99. The molecule has 3 rings (SSSR count). The maximum atomic E-state index is 12.8. The number of pyridine rings is 1. The molecule has 0 bridgehead atoms. The molecule has 0 aliphatic heterocycles. The molecule has 2 aromatic heterocycles. The van der Waals surface area contributed by atoms with Crippen molar-refractivity contribution in [3.63, 3.8) is 0 Å². The summed E-state index contributed by atoms with van der Waals surface area (Å²) in [5.74, 6) is 0.632. The number of hydrogen-bond acceptors (Lipinski definition) is 4. The van der Waals surface area contributed by atoms with Crippen molar-refractivity contribution in [3.8, 4) is 5.82 Å². The molecule has 2 heterocycles. The van der Waals surface area contributed by atoms with E-state index < -0.39 is 11.7 Å². The van der Waals surface area contributed by atoms with E-state index >= 15 is 0 Å². The molecule has 1 aromatic carbocycles. The van der Waals surface area contributed by atoms with Crippen LogP contribution < -0.4 is 0 Å². The van der Waals surface area contributed by atoms with Gasteiger partial charge >= 0.3 is 6.18 Å². The molecule has 0 saturated heterocycles. The van der Waals surface area contributed by atoms with Crippen molar-refractivity contribution in [3.05, 3.63) is 75.4 Å². The van der Waals surface area contributed by atoms with Crippen LogP contribution in [0.1, 0.15) is 29.6 Å². The fourth-order valence-electron chi connectivity index (χ4n) is 2.46. The monoisotopic (exact) mass is 442 g/mol. The highest BCUT2D eigenvalue weighted by Crippen LogP contribution is 2.32. The van der Waals surface area contributed by atoms with E-state index in [-0.39, 0.29) is 17.4 Å². The van der Waals surface area contributed by atoms with Crippen molar-refractivity contribution < 1.29 is 18.0 Å². The van der Waals surface area contributed by atoms with Crippen LogP contribution >= 0.6 is 23.2 Å². The summed E-state index contributed by atoms with van der Waals surface area (Å²) in [7, 11) is 0. The van der Waals surface area contributed by atoms with Crippen molar-refractivity contribution in [2.75, 3.05) is 0 Å². The van der Waals surface area contributed by atoms with E-state index in [1.54, 1.807) is 32.2 Å². The topological polar surface area (TPSA) is 52.3 Å². The number of benzene rings is 1. The molecule has 0 N–H and O–H groups in total. The number of rotatable bonds is 5. The second-order valence-electron chi connectivity index (χ2n) is 6.15. The van der Waals surface area contributed by atoms with Gasteiger partial charge in [0.1, 0.15) is 23.8 Å². The Kier molecular flexibility index (Phi) is 6.14. The van der Waals surface area contributed by atoms with Crippen molar-refractivity contribution in [2.45, 2.75) is 26.6 Å². The lowest BCUT2D eigenvalue weighted by Crippen LogP contribution is -2.08. The van der Waals surface area contributed by atoms with Gasteiger partial charge < -0.3 is 4.84 Å². The first-order valence-electron chi connectivity index (χ1n) is 8.35. The van der Waals surface area contributed by atoms with Gasteiger partial charge in [-0.25, -0.2) is 9.97 Å². The predicted octanol–water partition coefficient (Wildman–Crippen LogP) is 5.84. The number of imidazole rings is 1. The highest BCUT2D eigenvalue weighted by molar-refractivity contribution is 6.32. The Hall–Kier alpha value is -2.58. The largest absolute Gasteiger partial charge is 0.417 e. The van der Waals surface area contributed by atoms with Gasteiger partial charge in [0.05, 0.1) is 10.6 Å². The standard InChI is InChI=1S/C19H15Cl2F3N4O/c1-11(27-29-10-13-3-5-15(20)6-4-13)17-9-28(12(2)26-17)18-16(21)7-14(8-25-18)19(22,23)24/h3-9H,10H2,1-2H3/b27-11-. The number of hydrogen-bond donors (Lipinski definition) is 0. The Labute approximate surface area is 174 Å². The molecule has 0 aliphatic rings. The average molecular weight is 443 g/mol. The third kappa shape index (κ3) is 5.07. The number of oxime groups is 1. The van der Waals surface area contributed by atoms with Crippen molar-refractivity contribution in [1.29, 1.82) is 0 Å². The molecule has 0 spiro atoms. The van der Waals surface area contributed by atoms with Crippen molar-refractivity contribution >= 4 is 28.9 Å². The lowest BCUT2D eigenvalue weighted by molar-refractivity contribution is -0.137. The normalized spacial score (nSPS) is 12.3. The Bertz CT molecular complexity index is 1050. The van der Waals surface area contributed by atoms with Gasteiger partial charge in [0.15, 0.2) is 5.82 Å². The molecule has 10 heteroatoms. The van der Waals surface area contributed by atoms with E-state index in [2.05, 4.69) is 15.1 Å². The summed E-state index contributed by atoms with van der Waals surface area (Å²) in [5, 5.41) is 4.53. The molecule has 3 aromatic rings. The first kappa shape index (κ1) is 21.1. The second-order valence-corrected chi connectivity index (χ2v) is 6.99. The van der Waals surface area contributed by atoms with Crippen LogP contribution in [0.3, 0.4) is 0 Å². The number of nitrogens with zero attached hydrogens (tertiary/aromatic N) is 4. The van der Waals surface area contributed by atoms with Crippen LogP contribution in [0.5, 0.6) is 0 Å². The summed E-state index contributed by atoms with van der Waals surface area (Å²) in [5.41, 5.74) is 0.950. The fraction of sp³-hybridized carbons (Fsp3) is 0.211. The molecule has 5 nitrogen and oxygen atoms in total. The summed E-state index contributed by atoms with van der Waals surface area (Å²) in [6.07, 6.45) is -2.20. The highest BCUT2D eigenvalue weighted by Gasteiger charge is 2.31. The van der Waals surface area contributed by atoms with E-state index in [1.165, 1.54) is 4.57 Å². The van der Waals surface area contributed by atoms with Crippen LogP contribution in [0.25, 0.3) is 5.82 Å². The first-order valence-corrected chi connectivity index (χ1v) is 9.11. The minimum Gasteiger partial charge on any atom is -0.391 e. The molecule has 0 atom stereocenters. The van der Waals surface area contributed by atoms with Crippen LogP contribution in [-0.4, -0.2) is 20.2 Å². The van der Waals surface area contributed by atoms with Crippen LogP contribution in [0.4, 0.5) is 13.2 Å². The first-order chi connectivity index (χ1) is 13.6. The Morgan fingerprint density at radius 2 is 1.90 bits per heavy atom. The van der Waals surface area contributed by atoms with Gasteiger partial charge in [0.25, 0.3) is 0 Å². The van der Waals surface area contributed by atoms with E-state index in [9.17, 15) is 13.2 Å². The quantitative estimate of drug-likeness (QED) is 0.368. The van der Waals surface area contributed by atoms with Crippen LogP contribution in [-0.2, 0) is 17.6 Å². The zero-order valence-corrected chi connectivity index (χ0v) is 16.8. The number of alkyl halides is 3. The minimum absolute atomic E-state index is 0.138. The predicted molar refractivity (Wildman–Crippen MR) is 105 cm³/mol. The average Bonchev–Trinajstić information content (AvgIpc) is 3.04. The van der Waals surface area contributed by atoms with Gasteiger partial charge in [0, 0.05) is 17.4 Å². The smallest absolute Gasteiger partial charge is 0.391 e. The van der Waals surface area contributed by atoms with E-state index in [4.69, 9.17) is 28.0 Å². The lowest BCUT2D eigenvalue weighted by atomic mass is 10.2. The van der Waals surface area contributed by atoms with E-state index in [1.807, 2.05) is 12.1 Å². The third-order valence-corrected chi connectivity index (χ3v) is 4.51. The van der Waals surface area contributed by atoms with Gasteiger partial charge in [-0.05, 0) is 37.6 Å². The molecular weight excluding hydrogens is 428 g/mol. The van der Waals surface area contributed by atoms with Gasteiger partial charge in [-0.1, -0.05) is 40.5 Å². The minimum atomic E-state index is -4.52. The molecule has 0 unspecified atom stereocenters. The van der Waals surface area contributed by atoms with Crippen LogP contribution in [0, 0.1) is 6.92 Å². The molecule has 0 radical (unpaired) electrons. The van der Waals surface area contributed by atoms with Gasteiger partial charge in [-0.2, -0.15) is 13.2 Å². The molecule has 0 aliphatic carbocycles. The maximum absolute atomic E-state index is 12.8. The molecule has 0 amide bonds. The third-order valence-electron chi connectivity index (χ3n) is 3.98. The van der Waals surface area contributed by atoms with E-state index in [0.717, 1.165) is 17.8 Å². The summed E-state index contributed by atoms with van der Waals surface area (Å²) in [6.45, 7) is 3.64. The van der Waals surface area contributed by atoms with Gasteiger partial charge in [-0.3, -0.25) is 4.57 Å². The Morgan fingerprint density at radius 3 is 2.52 bits per heavy atom. The fourth-order valence-corrected chi connectivity index (χ4v) is 2.84. The molecule has 29 heavy (non-hydrogen) atoms. The summed E-state index contributed by atoms with van der Waals surface area (Å²) >= 11 is 11.9. The highest BCUT2D eigenvalue weighted by atomic mass is 35.5. The molecular formula is C19H15Cl2F3N4O. The van der Waals surface area contributed by atoms with Crippen LogP contribution in [0.2, 0.25) is 10.0 Å². The van der Waals surface area contributed by atoms with Crippen molar-refractivity contribution in [2.24, 2.45) is 5.16 Å². The second kappa shape index (κ2) is 8.42. The maximum Gasteiger partial charge on any atom is 0.417 e. The molecule has 152 valence electrons. The SMILES string of the molecule is C/C(=N/OCc1ccc(Cl)cc1)c1cn(-c2ncc(C(F)(F)F)cc2Cl)c(C)n1. The van der Waals surface area contributed by atoms with Gasteiger partial charge in [0.2, 0.25) is 0 Å². The van der Waals surface area contributed by atoms with Crippen LogP contribution in [0.15, 0.2) is 47.9 Å². The molecule has 0 saturated carbocycles. The number of aryl methyl sites for hydroxylation is 1. The molecule has 0 fully saturated rings. The zero-order chi connectivity index (χ0) is 21.2. The van der Waals surface area contributed by atoms with Gasteiger partial charge in [-0.15, -0.1) is 0 Å². The zero-order valence-electron chi connectivity index (χ0n) is 15.3. The number of aromatic nitrogens is 3. The lowest BCUT2D eigenvalue weighted by Gasteiger charge is -2.10. The van der Waals surface area contributed by atoms with E-state index in [0.29, 0.717) is 22.3 Å². The summed E-state index contributed by atoms with van der Waals surface area (Å²) < 4.78 is 39.9. The Morgan fingerprint density at radius 1 is 1.21 bits per heavy atom. The number of halogens is 5. The summed E-state index contributed by atoms with van der Waals surface area (Å²) in [4.78, 5) is 13.5.